The van der Waals surface area contributed by atoms with Crippen LogP contribution in [0.25, 0.3) is 0 Å². The summed E-state index contributed by atoms with van der Waals surface area (Å²) in [6, 6.07) is 7.41. The van der Waals surface area contributed by atoms with Crippen LogP contribution in [-0.2, 0) is 9.53 Å². The first-order valence-corrected chi connectivity index (χ1v) is 6.96. The van der Waals surface area contributed by atoms with Crippen molar-refractivity contribution in [2.24, 2.45) is 5.92 Å². The fourth-order valence-corrected chi connectivity index (χ4v) is 2.07. The molecule has 0 aliphatic heterocycles. The molecule has 106 valence electrons. The van der Waals surface area contributed by atoms with E-state index in [4.69, 9.17) is 16.3 Å². The average molecular weight is 284 g/mol. The summed E-state index contributed by atoms with van der Waals surface area (Å²) in [7, 11) is 1.42. The van der Waals surface area contributed by atoms with Gasteiger partial charge in [-0.1, -0.05) is 44.0 Å². The maximum absolute atomic E-state index is 11.8. The Morgan fingerprint density at radius 1 is 1.32 bits per heavy atom. The predicted octanol–water partition coefficient (Wildman–Crippen LogP) is 3.58. The van der Waals surface area contributed by atoms with Crippen molar-refractivity contribution in [3.05, 3.63) is 34.9 Å². The molecule has 4 heteroatoms. The van der Waals surface area contributed by atoms with E-state index in [1.165, 1.54) is 7.11 Å². The van der Waals surface area contributed by atoms with E-state index < -0.39 is 0 Å². The number of benzene rings is 1. The molecule has 1 aromatic rings. The maximum Gasteiger partial charge on any atom is 0.323 e. The molecule has 0 heterocycles. The number of carbonyl (C=O) groups excluding carboxylic acids is 1. The number of hydrogen-bond acceptors (Lipinski definition) is 3. The van der Waals surface area contributed by atoms with Crippen LogP contribution in [0.2, 0.25) is 5.02 Å². The Labute approximate surface area is 120 Å². The highest BCUT2D eigenvalue weighted by Crippen LogP contribution is 2.19. The average Bonchev–Trinajstić information content (AvgIpc) is 2.43. The van der Waals surface area contributed by atoms with Crippen LogP contribution in [0.1, 0.15) is 38.8 Å². The van der Waals surface area contributed by atoms with Gasteiger partial charge in [0.05, 0.1) is 7.11 Å². The number of carbonyl (C=O) groups is 1. The lowest BCUT2D eigenvalue weighted by Gasteiger charge is -2.26. The Balaban J connectivity index is 2.78. The smallest absolute Gasteiger partial charge is 0.323 e. The summed E-state index contributed by atoms with van der Waals surface area (Å²) in [5, 5.41) is 4.05. The molecular weight excluding hydrogens is 262 g/mol. The molecule has 0 amide bonds. The van der Waals surface area contributed by atoms with Crippen LogP contribution in [0.3, 0.4) is 0 Å². The Kier molecular flexibility index (Phi) is 6.32. The number of rotatable bonds is 6. The zero-order valence-corrected chi connectivity index (χ0v) is 12.7. The zero-order valence-electron chi connectivity index (χ0n) is 11.9. The second-order valence-electron chi connectivity index (χ2n) is 4.83. The van der Waals surface area contributed by atoms with Crippen molar-refractivity contribution in [3.8, 4) is 0 Å². The summed E-state index contributed by atoms with van der Waals surface area (Å²) in [6.07, 6.45) is 0.917. The third-order valence-electron chi connectivity index (χ3n) is 3.47. The third kappa shape index (κ3) is 4.51. The van der Waals surface area contributed by atoms with Crippen molar-refractivity contribution < 1.29 is 9.53 Å². The molecule has 1 rings (SSSR count). The minimum atomic E-state index is -0.291. The topological polar surface area (TPSA) is 38.3 Å². The van der Waals surface area contributed by atoms with Gasteiger partial charge < -0.3 is 4.74 Å². The fraction of sp³-hybridized carbons (Fsp3) is 0.533. The molecule has 1 aromatic carbocycles. The minimum absolute atomic E-state index is 0.0652. The molecule has 0 saturated carbocycles. The third-order valence-corrected chi connectivity index (χ3v) is 3.72. The van der Waals surface area contributed by atoms with Crippen molar-refractivity contribution in [2.45, 2.75) is 39.3 Å². The summed E-state index contributed by atoms with van der Waals surface area (Å²) < 4.78 is 4.87. The molecule has 1 N–H and O–H groups in total. The van der Waals surface area contributed by atoms with Crippen molar-refractivity contribution in [1.29, 1.82) is 0 Å². The highest BCUT2D eigenvalue weighted by molar-refractivity contribution is 6.30. The van der Waals surface area contributed by atoms with Crippen LogP contribution in [0.4, 0.5) is 0 Å². The summed E-state index contributed by atoms with van der Waals surface area (Å²) in [6.45, 7) is 6.14. The number of nitrogens with one attached hydrogen (secondary N) is 1. The van der Waals surface area contributed by atoms with E-state index in [0.29, 0.717) is 5.02 Å². The largest absolute Gasteiger partial charge is 0.468 e. The molecule has 0 radical (unpaired) electrons. The van der Waals surface area contributed by atoms with Crippen LogP contribution in [0.15, 0.2) is 24.3 Å². The zero-order chi connectivity index (χ0) is 14.4. The van der Waals surface area contributed by atoms with Gasteiger partial charge in [0.2, 0.25) is 0 Å². The first-order chi connectivity index (χ1) is 8.99. The minimum Gasteiger partial charge on any atom is -0.468 e. The van der Waals surface area contributed by atoms with Gasteiger partial charge in [0.25, 0.3) is 0 Å². The van der Waals surface area contributed by atoms with Crippen LogP contribution in [0.5, 0.6) is 0 Å². The summed E-state index contributed by atoms with van der Waals surface area (Å²) in [4.78, 5) is 11.8. The highest BCUT2D eigenvalue weighted by Gasteiger charge is 2.26. The first-order valence-electron chi connectivity index (χ1n) is 6.58. The summed E-state index contributed by atoms with van der Waals surface area (Å²) in [5.41, 5.74) is 1.10. The SMILES string of the molecule is CCC(C)C(NC(C)c1ccc(Cl)cc1)C(=O)OC. The van der Waals surface area contributed by atoms with Gasteiger partial charge in [0, 0.05) is 11.1 Å². The van der Waals surface area contributed by atoms with E-state index in [0.717, 1.165) is 12.0 Å². The number of halogens is 1. The second kappa shape index (κ2) is 7.51. The van der Waals surface area contributed by atoms with Gasteiger partial charge in [-0.2, -0.15) is 0 Å². The van der Waals surface area contributed by atoms with Gasteiger partial charge in [-0.25, -0.2) is 0 Å². The summed E-state index contributed by atoms with van der Waals surface area (Å²) in [5.74, 6) is 0.0114. The van der Waals surface area contributed by atoms with E-state index in [1.54, 1.807) is 0 Å². The molecule has 0 aliphatic carbocycles. The van der Waals surface area contributed by atoms with Gasteiger partial charge in [-0.05, 0) is 30.5 Å². The van der Waals surface area contributed by atoms with Gasteiger partial charge in [-0.3, -0.25) is 10.1 Å². The van der Waals surface area contributed by atoms with Crippen molar-refractivity contribution in [3.63, 3.8) is 0 Å². The molecular formula is C15H22ClNO2. The van der Waals surface area contributed by atoms with Gasteiger partial charge in [0.15, 0.2) is 0 Å². The normalized spacial score (nSPS) is 15.6. The molecule has 0 saturated heterocycles. The highest BCUT2D eigenvalue weighted by atomic mass is 35.5. The number of ether oxygens (including phenoxy) is 1. The molecule has 3 atom stereocenters. The lowest BCUT2D eigenvalue weighted by atomic mass is 9.97. The quantitative estimate of drug-likeness (QED) is 0.811. The van der Waals surface area contributed by atoms with Crippen molar-refractivity contribution in [2.75, 3.05) is 7.11 Å². The Morgan fingerprint density at radius 2 is 1.89 bits per heavy atom. The molecule has 19 heavy (non-hydrogen) atoms. The maximum atomic E-state index is 11.8. The Morgan fingerprint density at radius 3 is 2.37 bits per heavy atom. The molecule has 0 spiro atoms. The van der Waals surface area contributed by atoms with E-state index in [-0.39, 0.29) is 24.0 Å². The van der Waals surface area contributed by atoms with Crippen LogP contribution >= 0.6 is 11.6 Å². The molecule has 0 bridgehead atoms. The first kappa shape index (κ1) is 16.0. The van der Waals surface area contributed by atoms with Crippen molar-refractivity contribution >= 4 is 17.6 Å². The Bertz CT molecular complexity index is 405. The van der Waals surface area contributed by atoms with Gasteiger partial charge in [-0.15, -0.1) is 0 Å². The molecule has 3 nitrogen and oxygen atoms in total. The van der Waals surface area contributed by atoms with Crippen LogP contribution in [0, 0.1) is 5.92 Å². The van der Waals surface area contributed by atoms with Crippen LogP contribution < -0.4 is 5.32 Å². The predicted molar refractivity (Wildman–Crippen MR) is 78.3 cm³/mol. The van der Waals surface area contributed by atoms with E-state index >= 15 is 0 Å². The fourth-order valence-electron chi connectivity index (χ4n) is 1.94. The monoisotopic (exact) mass is 283 g/mol. The molecule has 0 aliphatic rings. The van der Waals surface area contributed by atoms with Gasteiger partial charge in [0.1, 0.15) is 6.04 Å². The standard InChI is InChI=1S/C15H22ClNO2/c1-5-10(2)14(15(18)19-4)17-11(3)12-6-8-13(16)9-7-12/h6-11,14,17H,5H2,1-4H3. The molecule has 3 unspecified atom stereocenters. The van der Waals surface area contributed by atoms with Gasteiger partial charge >= 0.3 is 5.97 Å². The lowest BCUT2D eigenvalue weighted by Crippen LogP contribution is -2.43. The summed E-state index contributed by atoms with van der Waals surface area (Å²) >= 11 is 5.87. The lowest BCUT2D eigenvalue weighted by molar-refractivity contribution is -0.144. The van der Waals surface area contributed by atoms with Crippen LogP contribution in [-0.4, -0.2) is 19.1 Å². The van der Waals surface area contributed by atoms with E-state index in [9.17, 15) is 4.79 Å². The van der Waals surface area contributed by atoms with E-state index in [1.807, 2.05) is 38.1 Å². The van der Waals surface area contributed by atoms with E-state index in [2.05, 4.69) is 12.2 Å². The molecule has 0 fully saturated rings. The molecule has 0 aromatic heterocycles. The number of hydrogen-bond donors (Lipinski definition) is 1. The number of methoxy groups -OCH3 is 1. The van der Waals surface area contributed by atoms with Crippen molar-refractivity contribution in [1.82, 2.24) is 5.32 Å². The second-order valence-corrected chi connectivity index (χ2v) is 5.26. The number of esters is 1. The Hall–Kier alpha value is -1.06.